The number of piperazine rings is 1. The first kappa shape index (κ1) is 21.8. The molecule has 0 bridgehead atoms. The van der Waals surface area contributed by atoms with Gasteiger partial charge in [0.2, 0.25) is 11.8 Å². The zero-order chi connectivity index (χ0) is 21.0. The molecule has 29 heavy (non-hydrogen) atoms. The number of hydrogen-bond donors (Lipinski definition) is 2. The van der Waals surface area contributed by atoms with Gasteiger partial charge in [0.1, 0.15) is 0 Å². The summed E-state index contributed by atoms with van der Waals surface area (Å²) in [5.74, 6) is -0.108. The van der Waals surface area contributed by atoms with Gasteiger partial charge in [-0.05, 0) is 46.1 Å². The second-order valence-corrected chi connectivity index (χ2v) is 8.89. The fourth-order valence-electron chi connectivity index (χ4n) is 4.69. The van der Waals surface area contributed by atoms with Crippen molar-refractivity contribution in [2.24, 2.45) is 0 Å². The predicted molar refractivity (Wildman–Crippen MR) is 114 cm³/mol. The highest BCUT2D eigenvalue weighted by molar-refractivity contribution is 5.88. The third kappa shape index (κ3) is 5.17. The molecule has 6 heteroatoms. The molecule has 1 aromatic rings. The lowest BCUT2D eigenvalue weighted by Gasteiger charge is -2.39. The van der Waals surface area contributed by atoms with E-state index in [-0.39, 0.29) is 29.7 Å². The molecule has 2 heterocycles. The number of amides is 2. The topological polar surface area (TPSA) is 70.7 Å². The lowest BCUT2D eigenvalue weighted by atomic mass is 9.73. The monoisotopic (exact) mass is 401 g/mol. The fraction of sp³-hybridized carbons (Fsp3) is 0.652. The van der Waals surface area contributed by atoms with Gasteiger partial charge < -0.3 is 15.4 Å². The van der Waals surface area contributed by atoms with Crippen molar-refractivity contribution in [2.45, 2.75) is 64.5 Å². The van der Waals surface area contributed by atoms with Gasteiger partial charge in [-0.1, -0.05) is 29.3 Å². The van der Waals surface area contributed by atoms with Crippen LogP contribution in [-0.2, 0) is 19.7 Å². The van der Waals surface area contributed by atoms with Crippen LogP contribution >= 0.6 is 0 Å². The first-order chi connectivity index (χ1) is 13.8. The van der Waals surface area contributed by atoms with E-state index >= 15 is 0 Å². The Bertz CT molecular complexity index is 721. The van der Waals surface area contributed by atoms with Crippen LogP contribution in [0.25, 0.3) is 0 Å². The molecule has 6 nitrogen and oxygen atoms in total. The molecule has 0 saturated carbocycles. The van der Waals surface area contributed by atoms with E-state index in [0.717, 1.165) is 19.4 Å². The van der Waals surface area contributed by atoms with E-state index in [4.69, 9.17) is 4.74 Å². The average Bonchev–Trinajstić information content (AvgIpc) is 2.68. The highest BCUT2D eigenvalue weighted by atomic mass is 16.5. The Hall–Kier alpha value is -1.92. The van der Waals surface area contributed by atoms with Crippen molar-refractivity contribution in [3.63, 3.8) is 0 Å². The molecule has 2 amide bonds. The van der Waals surface area contributed by atoms with Crippen molar-refractivity contribution in [3.05, 3.63) is 34.9 Å². The van der Waals surface area contributed by atoms with Gasteiger partial charge in [-0.3, -0.25) is 14.5 Å². The van der Waals surface area contributed by atoms with E-state index in [0.29, 0.717) is 26.3 Å². The number of aryl methyl sites for hydroxylation is 2. The maximum absolute atomic E-state index is 12.8. The highest BCUT2D eigenvalue weighted by Gasteiger charge is 2.37. The summed E-state index contributed by atoms with van der Waals surface area (Å²) in [6.45, 7) is 11.8. The van der Waals surface area contributed by atoms with E-state index in [1.54, 1.807) is 0 Å². The maximum Gasteiger partial charge on any atom is 0.237 e. The zero-order valence-corrected chi connectivity index (χ0v) is 18.2. The molecule has 2 saturated heterocycles. The number of ether oxygens (including phenoxy) is 1. The molecule has 0 aromatic heterocycles. The molecule has 160 valence electrons. The second-order valence-electron chi connectivity index (χ2n) is 8.89. The second kappa shape index (κ2) is 9.26. The summed E-state index contributed by atoms with van der Waals surface area (Å²) in [7, 11) is 0. The number of nitrogens with zero attached hydrogens (tertiary/aromatic N) is 1. The van der Waals surface area contributed by atoms with Crippen LogP contribution in [0.5, 0.6) is 0 Å². The van der Waals surface area contributed by atoms with E-state index in [1.807, 2.05) is 0 Å². The van der Waals surface area contributed by atoms with Crippen LogP contribution in [0.3, 0.4) is 0 Å². The first-order valence-corrected chi connectivity index (χ1v) is 10.8. The fourth-order valence-corrected chi connectivity index (χ4v) is 4.69. The Kier molecular flexibility index (Phi) is 6.96. The third-order valence-electron chi connectivity index (χ3n) is 6.32. The highest BCUT2D eigenvalue weighted by Crippen LogP contribution is 2.35. The Morgan fingerprint density at radius 3 is 2.52 bits per heavy atom. The van der Waals surface area contributed by atoms with Crippen molar-refractivity contribution in [1.82, 2.24) is 15.5 Å². The molecule has 2 aliphatic rings. The maximum atomic E-state index is 12.8. The minimum atomic E-state index is -0.393. The molecule has 1 atom stereocenters. The molecule has 2 aliphatic heterocycles. The SMILES string of the molecule is Cc1cc(C)cc(C2(CNC(=O)CC3C(=O)NCCN3C(C)C)CCOCC2)c1. The molecule has 3 rings (SSSR count). The minimum absolute atomic E-state index is 0.0461. The zero-order valence-electron chi connectivity index (χ0n) is 18.2. The van der Waals surface area contributed by atoms with Crippen LogP contribution in [0.4, 0.5) is 0 Å². The minimum Gasteiger partial charge on any atom is -0.381 e. The molecule has 1 aromatic carbocycles. The average molecular weight is 402 g/mol. The van der Waals surface area contributed by atoms with Gasteiger partial charge in [-0.15, -0.1) is 0 Å². The summed E-state index contributed by atoms with van der Waals surface area (Å²) in [5, 5.41) is 6.05. The predicted octanol–water partition coefficient (Wildman–Crippen LogP) is 2.07. The molecular formula is C23H35N3O3. The van der Waals surface area contributed by atoms with Gasteiger partial charge in [0.15, 0.2) is 0 Å². The molecular weight excluding hydrogens is 366 g/mol. The summed E-state index contributed by atoms with van der Waals surface area (Å²) in [6.07, 6.45) is 1.97. The van der Waals surface area contributed by atoms with Gasteiger partial charge in [0.05, 0.1) is 12.5 Å². The number of hydrogen-bond acceptors (Lipinski definition) is 4. The molecule has 0 radical (unpaired) electrons. The van der Waals surface area contributed by atoms with E-state index < -0.39 is 6.04 Å². The largest absolute Gasteiger partial charge is 0.381 e. The van der Waals surface area contributed by atoms with Crippen molar-refractivity contribution in [3.8, 4) is 0 Å². The van der Waals surface area contributed by atoms with Crippen molar-refractivity contribution in [1.29, 1.82) is 0 Å². The molecule has 1 unspecified atom stereocenters. The van der Waals surface area contributed by atoms with Crippen LogP contribution in [0.2, 0.25) is 0 Å². The van der Waals surface area contributed by atoms with Crippen LogP contribution in [0.15, 0.2) is 18.2 Å². The van der Waals surface area contributed by atoms with Gasteiger partial charge in [0, 0.05) is 44.3 Å². The summed E-state index contributed by atoms with van der Waals surface area (Å²) < 4.78 is 5.62. The molecule has 2 N–H and O–H groups in total. The molecule has 0 spiro atoms. The quantitative estimate of drug-likeness (QED) is 0.766. The summed E-state index contributed by atoms with van der Waals surface area (Å²) in [5.41, 5.74) is 3.64. The standard InChI is InChI=1S/C23H35N3O3/c1-16(2)26-8-7-24-22(28)20(26)14-21(27)25-15-23(5-9-29-10-6-23)19-12-17(3)11-18(4)13-19/h11-13,16,20H,5-10,14-15H2,1-4H3,(H,24,28)(H,25,27). The van der Waals surface area contributed by atoms with E-state index in [1.165, 1.54) is 16.7 Å². The normalized spacial score (nSPS) is 22.4. The van der Waals surface area contributed by atoms with Crippen molar-refractivity contribution in [2.75, 3.05) is 32.8 Å². The van der Waals surface area contributed by atoms with E-state index in [9.17, 15) is 9.59 Å². The Morgan fingerprint density at radius 2 is 1.90 bits per heavy atom. The Morgan fingerprint density at radius 1 is 1.24 bits per heavy atom. The summed E-state index contributed by atoms with van der Waals surface area (Å²) in [4.78, 5) is 27.3. The lowest BCUT2D eigenvalue weighted by molar-refractivity contribution is -0.135. The number of carbonyl (C=O) groups excluding carboxylic acids is 2. The van der Waals surface area contributed by atoms with Gasteiger partial charge in [-0.2, -0.15) is 0 Å². The first-order valence-electron chi connectivity index (χ1n) is 10.8. The van der Waals surface area contributed by atoms with Gasteiger partial charge in [-0.25, -0.2) is 0 Å². The van der Waals surface area contributed by atoms with Gasteiger partial charge >= 0.3 is 0 Å². The van der Waals surface area contributed by atoms with Crippen LogP contribution < -0.4 is 10.6 Å². The van der Waals surface area contributed by atoms with Crippen molar-refractivity contribution >= 4 is 11.8 Å². The Balaban J connectivity index is 1.71. The summed E-state index contributed by atoms with van der Waals surface area (Å²) >= 11 is 0. The molecule has 0 aliphatic carbocycles. The van der Waals surface area contributed by atoms with Crippen LogP contribution in [0.1, 0.15) is 49.8 Å². The smallest absolute Gasteiger partial charge is 0.237 e. The number of nitrogens with one attached hydrogen (secondary N) is 2. The number of benzene rings is 1. The number of carbonyl (C=O) groups is 2. The summed E-state index contributed by atoms with van der Waals surface area (Å²) in [6, 6.07) is 6.49. The van der Waals surface area contributed by atoms with Crippen LogP contribution in [-0.4, -0.2) is 61.6 Å². The third-order valence-corrected chi connectivity index (χ3v) is 6.32. The van der Waals surface area contributed by atoms with Crippen LogP contribution in [0, 0.1) is 13.8 Å². The lowest BCUT2D eigenvalue weighted by Crippen LogP contribution is -2.58. The Labute approximate surface area is 174 Å². The number of rotatable bonds is 6. The van der Waals surface area contributed by atoms with Crippen molar-refractivity contribution < 1.29 is 14.3 Å². The van der Waals surface area contributed by atoms with Gasteiger partial charge in [0.25, 0.3) is 0 Å². The van der Waals surface area contributed by atoms with E-state index in [2.05, 4.69) is 61.4 Å². The molecule has 2 fully saturated rings.